The van der Waals surface area contributed by atoms with Gasteiger partial charge in [0.2, 0.25) is 5.88 Å². The van der Waals surface area contributed by atoms with E-state index in [1.807, 2.05) is 12.1 Å². The molecule has 2 aliphatic heterocycles. The van der Waals surface area contributed by atoms with Crippen molar-refractivity contribution in [3.8, 4) is 5.88 Å². The first-order valence-corrected chi connectivity index (χ1v) is 10.0. The largest absolute Gasteiger partial charge is 0.471 e. The van der Waals surface area contributed by atoms with Crippen molar-refractivity contribution in [2.75, 3.05) is 31.2 Å². The summed E-state index contributed by atoms with van der Waals surface area (Å²) < 4.78 is 11.8. The third-order valence-corrected chi connectivity index (χ3v) is 5.63. The fourth-order valence-electron chi connectivity index (χ4n) is 4.10. The molecule has 28 heavy (non-hydrogen) atoms. The molecule has 144 valence electrons. The van der Waals surface area contributed by atoms with Crippen LogP contribution in [0.1, 0.15) is 30.9 Å². The highest BCUT2D eigenvalue weighted by Gasteiger charge is 2.28. The van der Waals surface area contributed by atoms with Crippen molar-refractivity contribution in [3.63, 3.8) is 0 Å². The van der Waals surface area contributed by atoms with Crippen LogP contribution >= 0.6 is 0 Å². The van der Waals surface area contributed by atoms with E-state index in [2.05, 4.69) is 39.1 Å². The Hall–Kier alpha value is -2.73. The predicted octanol–water partition coefficient (Wildman–Crippen LogP) is 3.58. The number of anilines is 1. The standard InChI is InChI=1S/C22H24N4O2/c1-2-4-19-16(3-1)5-6-20(25-19)26-12-7-18(15-26)28-22-21(23-10-11-24-22)17-8-13-27-14-9-17/h1-6,10-11,17-18H,7-9,12-15H2. The van der Waals surface area contributed by atoms with E-state index in [0.717, 1.165) is 62.6 Å². The van der Waals surface area contributed by atoms with E-state index in [-0.39, 0.29) is 6.10 Å². The zero-order chi connectivity index (χ0) is 18.8. The van der Waals surface area contributed by atoms with Crippen molar-refractivity contribution >= 4 is 16.7 Å². The van der Waals surface area contributed by atoms with Gasteiger partial charge in [0.05, 0.1) is 12.1 Å². The van der Waals surface area contributed by atoms with E-state index in [1.54, 1.807) is 12.4 Å². The van der Waals surface area contributed by atoms with Gasteiger partial charge >= 0.3 is 0 Å². The molecule has 4 heterocycles. The molecule has 2 aliphatic rings. The predicted molar refractivity (Wildman–Crippen MR) is 108 cm³/mol. The number of pyridine rings is 1. The topological polar surface area (TPSA) is 60.4 Å². The molecular formula is C22H24N4O2. The third kappa shape index (κ3) is 3.52. The minimum absolute atomic E-state index is 0.101. The molecule has 0 bridgehead atoms. The van der Waals surface area contributed by atoms with Crippen LogP contribution in [0.2, 0.25) is 0 Å². The highest BCUT2D eigenvalue weighted by Crippen LogP contribution is 2.32. The monoisotopic (exact) mass is 376 g/mol. The highest BCUT2D eigenvalue weighted by molar-refractivity contribution is 5.80. The van der Waals surface area contributed by atoms with Crippen LogP contribution in [0.15, 0.2) is 48.8 Å². The molecule has 0 aliphatic carbocycles. The molecule has 6 heteroatoms. The zero-order valence-corrected chi connectivity index (χ0v) is 15.8. The van der Waals surface area contributed by atoms with Gasteiger partial charge in [-0.2, -0.15) is 0 Å². The summed E-state index contributed by atoms with van der Waals surface area (Å²) in [6.07, 6.45) is 6.49. The molecule has 6 nitrogen and oxygen atoms in total. The van der Waals surface area contributed by atoms with Crippen molar-refractivity contribution in [2.45, 2.75) is 31.3 Å². The Balaban J connectivity index is 1.30. The molecule has 0 N–H and O–H groups in total. The maximum Gasteiger partial charge on any atom is 0.236 e. The summed E-state index contributed by atoms with van der Waals surface area (Å²) in [5.74, 6) is 2.07. The summed E-state index contributed by atoms with van der Waals surface area (Å²) in [6.45, 7) is 3.31. The van der Waals surface area contributed by atoms with Crippen molar-refractivity contribution in [1.29, 1.82) is 0 Å². The normalized spacial score (nSPS) is 20.6. The first-order valence-electron chi connectivity index (χ1n) is 10.0. The minimum Gasteiger partial charge on any atom is -0.471 e. The molecule has 1 atom stereocenters. The Labute approximate surface area is 164 Å². The first kappa shape index (κ1) is 17.4. The lowest BCUT2D eigenvalue weighted by molar-refractivity contribution is 0.0829. The second kappa shape index (κ2) is 7.72. The van der Waals surface area contributed by atoms with Crippen LogP contribution in [0.5, 0.6) is 5.88 Å². The quantitative estimate of drug-likeness (QED) is 0.694. The highest BCUT2D eigenvalue weighted by atomic mass is 16.5. The van der Waals surface area contributed by atoms with Crippen LogP contribution in [-0.2, 0) is 4.74 Å². The number of fused-ring (bicyclic) bond motifs is 1. The van der Waals surface area contributed by atoms with Crippen LogP contribution in [0.4, 0.5) is 5.82 Å². The van der Waals surface area contributed by atoms with E-state index in [1.165, 1.54) is 5.39 Å². The number of hydrogen-bond donors (Lipinski definition) is 0. The first-order chi connectivity index (χ1) is 13.9. The van der Waals surface area contributed by atoms with Crippen molar-refractivity contribution in [1.82, 2.24) is 15.0 Å². The van der Waals surface area contributed by atoms with Gasteiger partial charge in [-0.3, -0.25) is 4.98 Å². The molecule has 2 aromatic heterocycles. The Morgan fingerprint density at radius 2 is 1.82 bits per heavy atom. The van der Waals surface area contributed by atoms with Gasteiger partial charge in [-0.05, 0) is 31.0 Å². The summed E-state index contributed by atoms with van der Waals surface area (Å²) in [5, 5.41) is 1.17. The van der Waals surface area contributed by atoms with E-state index in [0.29, 0.717) is 11.8 Å². The average molecular weight is 376 g/mol. The number of hydrogen-bond acceptors (Lipinski definition) is 6. The van der Waals surface area contributed by atoms with Gasteiger partial charge in [-0.15, -0.1) is 0 Å². The van der Waals surface area contributed by atoms with Gasteiger partial charge in [0.15, 0.2) is 0 Å². The number of ether oxygens (including phenoxy) is 2. The second-order valence-electron chi connectivity index (χ2n) is 7.47. The Bertz CT molecular complexity index is 958. The van der Waals surface area contributed by atoms with E-state index >= 15 is 0 Å². The van der Waals surface area contributed by atoms with Crippen LogP contribution < -0.4 is 9.64 Å². The molecule has 3 aromatic rings. The molecule has 0 amide bonds. The van der Waals surface area contributed by atoms with Gasteiger partial charge < -0.3 is 14.4 Å². The number of para-hydroxylation sites is 1. The molecule has 1 aromatic carbocycles. The Morgan fingerprint density at radius 3 is 2.75 bits per heavy atom. The maximum absolute atomic E-state index is 6.32. The van der Waals surface area contributed by atoms with Gasteiger partial charge in [-0.25, -0.2) is 9.97 Å². The molecule has 0 saturated carbocycles. The molecule has 0 spiro atoms. The molecule has 1 unspecified atom stereocenters. The van der Waals surface area contributed by atoms with E-state index < -0.39 is 0 Å². The minimum atomic E-state index is 0.101. The van der Waals surface area contributed by atoms with Crippen LogP contribution in [0, 0.1) is 0 Å². The SMILES string of the molecule is c1ccc2nc(N3CCC(Oc4nccnc4C4CCOCC4)C3)ccc2c1. The van der Waals surface area contributed by atoms with Crippen molar-refractivity contribution < 1.29 is 9.47 Å². The second-order valence-corrected chi connectivity index (χ2v) is 7.47. The fourth-order valence-corrected chi connectivity index (χ4v) is 4.10. The molecule has 5 rings (SSSR count). The number of nitrogens with zero attached hydrogens (tertiary/aromatic N) is 4. The summed E-state index contributed by atoms with van der Waals surface area (Å²) >= 11 is 0. The third-order valence-electron chi connectivity index (χ3n) is 5.63. The fraction of sp³-hybridized carbons (Fsp3) is 0.409. The number of benzene rings is 1. The lowest BCUT2D eigenvalue weighted by Gasteiger charge is -2.24. The molecule has 0 radical (unpaired) electrons. The van der Waals surface area contributed by atoms with Gasteiger partial charge in [-0.1, -0.05) is 18.2 Å². The molecule has 2 fully saturated rings. The molecule has 2 saturated heterocycles. The number of aromatic nitrogens is 3. The summed E-state index contributed by atoms with van der Waals surface area (Å²) in [7, 11) is 0. The average Bonchev–Trinajstić information content (AvgIpc) is 3.23. The van der Waals surface area contributed by atoms with Gasteiger partial charge in [0, 0.05) is 49.9 Å². The number of rotatable bonds is 4. The maximum atomic E-state index is 6.32. The smallest absolute Gasteiger partial charge is 0.236 e. The Kier molecular flexibility index (Phi) is 4.79. The van der Waals surface area contributed by atoms with Gasteiger partial charge in [0.25, 0.3) is 0 Å². The van der Waals surface area contributed by atoms with Crippen molar-refractivity contribution in [3.05, 3.63) is 54.5 Å². The Morgan fingerprint density at radius 1 is 0.964 bits per heavy atom. The lowest BCUT2D eigenvalue weighted by atomic mass is 9.96. The van der Waals surface area contributed by atoms with Gasteiger partial charge in [0.1, 0.15) is 17.6 Å². The van der Waals surface area contributed by atoms with Crippen LogP contribution in [0.3, 0.4) is 0 Å². The summed E-state index contributed by atoms with van der Waals surface area (Å²) in [4.78, 5) is 16.2. The summed E-state index contributed by atoms with van der Waals surface area (Å²) in [6, 6.07) is 12.5. The lowest BCUT2D eigenvalue weighted by Crippen LogP contribution is -2.26. The van der Waals surface area contributed by atoms with Crippen molar-refractivity contribution in [2.24, 2.45) is 0 Å². The van der Waals surface area contributed by atoms with E-state index in [4.69, 9.17) is 14.5 Å². The summed E-state index contributed by atoms with van der Waals surface area (Å²) in [5.41, 5.74) is 2.01. The van der Waals surface area contributed by atoms with Crippen LogP contribution in [-0.4, -0.2) is 47.4 Å². The van der Waals surface area contributed by atoms with E-state index in [9.17, 15) is 0 Å². The van der Waals surface area contributed by atoms with Crippen LogP contribution in [0.25, 0.3) is 10.9 Å². The molecular weight excluding hydrogens is 352 g/mol. The zero-order valence-electron chi connectivity index (χ0n) is 15.8.